The lowest BCUT2D eigenvalue weighted by molar-refractivity contribution is -0.138. The summed E-state index contributed by atoms with van der Waals surface area (Å²) >= 11 is 5.66. The summed E-state index contributed by atoms with van der Waals surface area (Å²) in [4.78, 5) is 0. The fraction of sp³-hybridized carbons (Fsp3) is 0.143. The summed E-state index contributed by atoms with van der Waals surface area (Å²) in [5, 5.41) is 14.8. The first-order valence-corrected chi connectivity index (χ1v) is 16.1. The lowest BCUT2D eigenvalue weighted by Gasteiger charge is -2.20. The second-order valence-corrected chi connectivity index (χ2v) is 13.5. The fourth-order valence-electron chi connectivity index (χ4n) is 4.04. The van der Waals surface area contributed by atoms with Crippen molar-refractivity contribution in [3.05, 3.63) is 102 Å². The molecule has 1 atom stereocenters. The molecular formula is C28H21ClF6N2O6S2. The number of aromatic hydroxyl groups is 1. The number of halogens is 7. The number of alkyl halides is 7. The number of phenols is 1. The molecule has 45 heavy (non-hydrogen) atoms. The molecule has 0 spiro atoms. The van der Waals surface area contributed by atoms with E-state index < -0.39 is 59.9 Å². The molecule has 5 rings (SSSR count). The van der Waals surface area contributed by atoms with E-state index in [1.807, 2.05) is 0 Å². The molecule has 1 unspecified atom stereocenters. The molecule has 1 heterocycles. The minimum atomic E-state index is -4.44. The van der Waals surface area contributed by atoms with Crippen molar-refractivity contribution in [1.82, 2.24) is 0 Å². The standard InChI is InChI=1S/C14H11ClF3NO3S.C14H10F3NO3S/c15-13(23(19,21)22)11-6-3-9(7-12(11)20)8-1-4-10(5-2-8)14(16,17)18;15-14(16,17)11-4-1-9(2-5-11)10-3-6-12-13(7-10)21-8-22(19,20)18-12/h1-7,13,20H,(H2,19,21,22);1-7,18H,8H2. The summed E-state index contributed by atoms with van der Waals surface area (Å²) in [5.74, 6) is -0.570. The van der Waals surface area contributed by atoms with Gasteiger partial charge in [0, 0.05) is 5.56 Å². The zero-order valence-electron chi connectivity index (χ0n) is 22.4. The Morgan fingerprint density at radius 1 is 0.778 bits per heavy atom. The number of primary sulfonamides is 1. The summed E-state index contributed by atoms with van der Waals surface area (Å²) in [6.45, 7) is 0. The average molecular weight is 695 g/mol. The van der Waals surface area contributed by atoms with E-state index in [1.165, 1.54) is 48.5 Å². The third-order valence-corrected chi connectivity index (χ3v) is 9.04. The number of hydrogen-bond donors (Lipinski definition) is 3. The van der Waals surface area contributed by atoms with Crippen molar-refractivity contribution >= 4 is 37.3 Å². The SMILES string of the molecule is NS(=O)(=O)C(Cl)c1ccc(-c2ccc(C(F)(F)F)cc2)cc1O.O=S1(=O)COc2cc(-c3ccc(C(F)(F)F)cc3)ccc2N1. The average Bonchev–Trinajstić information content (AvgIpc) is 2.95. The van der Waals surface area contributed by atoms with Gasteiger partial charge in [-0.25, -0.2) is 22.0 Å². The Kier molecular flexibility index (Phi) is 9.36. The molecule has 4 aromatic rings. The molecule has 1 aliphatic rings. The molecule has 0 amide bonds. The number of benzene rings is 4. The largest absolute Gasteiger partial charge is 0.508 e. The molecule has 0 saturated heterocycles. The smallest absolute Gasteiger partial charge is 0.416 e. The minimum absolute atomic E-state index is 0.107. The third-order valence-electron chi connectivity index (χ3n) is 6.27. The van der Waals surface area contributed by atoms with Crippen LogP contribution in [0.2, 0.25) is 0 Å². The second kappa shape index (κ2) is 12.4. The maximum atomic E-state index is 12.5. The third kappa shape index (κ3) is 8.39. The maximum absolute atomic E-state index is 12.5. The summed E-state index contributed by atoms with van der Waals surface area (Å²) in [5.41, 5.74) is 0.711. The zero-order chi connectivity index (χ0) is 33.4. The van der Waals surface area contributed by atoms with Crippen LogP contribution >= 0.6 is 11.6 Å². The van der Waals surface area contributed by atoms with E-state index in [0.29, 0.717) is 33.7 Å². The lowest BCUT2D eigenvalue weighted by atomic mass is 10.0. The van der Waals surface area contributed by atoms with Crippen LogP contribution in [-0.2, 0) is 32.4 Å². The number of hydrogen-bond acceptors (Lipinski definition) is 6. The molecule has 1 aliphatic heterocycles. The Balaban J connectivity index is 0.000000205. The van der Waals surface area contributed by atoms with Crippen LogP contribution in [0.15, 0.2) is 84.9 Å². The van der Waals surface area contributed by atoms with E-state index >= 15 is 0 Å². The Bertz CT molecular complexity index is 1920. The topological polar surface area (TPSA) is 136 Å². The van der Waals surface area contributed by atoms with Crippen molar-refractivity contribution in [2.24, 2.45) is 5.14 Å². The highest BCUT2D eigenvalue weighted by Gasteiger charge is 2.31. The molecule has 0 bridgehead atoms. The monoisotopic (exact) mass is 694 g/mol. The van der Waals surface area contributed by atoms with Crippen molar-refractivity contribution in [3.63, 3.8) is 0 Å². The van der Waals surface area contributed by atoms with E-state index in [-0.39, 0.29) is 5.56 Å². The molecule has 8 nitrogen and oxygen atoms in total. The number of rotatable bonds is 4. The number of nitrogens with two attached hydrogens (primary N) is 1. The molecule has 17 heteroatoms. The van der Waals surface area contributed by atoms with Crippen LogP contribution in [0.5, 0.6) is 11.5 Å². The van der Waals surface area contributed by atoms with Gasteiger partial charge >= 0.3 is 12.4 Å². The Hall–Kier alpha value is -3.99. The van der Waals surface area contributed by atoms with Gasteiger partial charge in [0.2, 0.25) is 16.0 Å². The Morgan fingerprint density at radius 3 is 1.67 bits per heavy atom. The second-order valence-electron chi connectivity index (χ2n) is 9.52. The van der Waals surface area contributed by atoms with E-state index in [2.05, 4.69) is 4.72 Å². The Morgan fingerprint density at radius 2 is 1.22 bits per heavy atom. The van der Waals surface area contributed by atoms with Crippen LogP contribution in [0.1, 0.15) is 21.4 Å². The van der Waals surface area contributed by atoms with E-state index in [0.717, 1.165) is 24.3 Å². The van der Waals surface area contributed by atoms with Crippen molar-refractivity contribution in [2.75, 3.05) is 10.7 Å². The fourth-order valence-corrected chi connectivity index (χ4v) is 5.62. The first kappa shape index (κ1) is 33.9. The predicted molar refractivity (Wildman–Crippen MR) is 155 cm³/mol. The highest BCUT2D eigenvalue weighted by atomic mass is 35.5. The first-order chi connectivity index (χ1) is 20.7. The van der Waals surface area contributed by atoms with Gasteiger partial charge in [-0.1, -0.05) is 54.1 Å². The normalized spacial score (nSPS) is 15.0. The van der Waals surface area contributed by atoms with Gasteiger partial charge in [0.1, 0.15) is 11.5 Å². The van der Waals surface area contributed by atoms with Gasteiger partial charge in [0.15, 0.2) is 4.71 Å². The summed E-state index contributed by atoms with van der Waals surface area (Å²) in [6, 6.07) is 17.6. The van der Waals surface area contributed by atoms with Crippen molar-refractivity contribution < 1.29 is 53.0 Å². The van der Waals surface area contributed by atoms with E-state index in [9.17, 15) is 48.3 Å². The maximum Gasteiger partial charge on any atom is 0.416 e. The molecule has 240 valence electrons. The molecule has 4 N–H and O–H groups in total. The number of nitrogens with one attached hydrogen (secondary N) is 1. The molecule has 0 fully saturated rings. The van der Waals surface area contributed by atoms with Crippen molar-refractivity contribution in [2.45, 2.75) is 17.1 Å². The van der Waals surface area contributed by atoms with Gasteiger partial charge in [-0.3, -0.25) is 4.72 Å². The van der Waals surface area contributed by atoms with Crippen LogP contribution in [0.3, 0.4) is 0 Å². The number of anilines is 1. The summed E-state index contributed by atoms with van der Waals surface area (Å²) < 4.78 is 126. The molecule has 0 aromatic heterocycles. The number of phenolic OH excluding ortho intramolecular Hbond substituents is 1. The quantitative estimate of drug-likeness (QED) is 0.155. The van der Waals surface area contributed by atoms with Crippen LogP contribution in [0.4, 0.5) is 32.0 Å². The molecule has 0 radical (unpaired) electrons. The molecule has 0 aliphatic carbocycles. The molecule has 0 saturated carbocycles. The minimum Gasteiger partial charge on any atom is -0.508 e. The van der Waals surface area contributed by atoms with Gasteiger partial charge < -0.3 is 9.84 Å². The lowest BCUT2D eigenvalue weighted by Crippen LogP contribution is -2.25. The van der Waals surface area contributed by atoms with E-state index in [4.69, 9.17) is 21.5 Å². The number of ether oxygens (including phenoxy) is 1. The van der Waals surface area contributed by atoms with Crippen LogP contribution in [-0.4, -0.2) is 27.9 Å². The van der Waals surface area contributed by atoms with Gasteiger partial charge in [-0.05, 0) is 64.7 Å². The zero-order valence-corrected chi connectivity index (χ0v) is 24.8. The Labute approximate surface area is 258 Å². The summed E-state index contributed by atoms with van der Waals surface area (Å²) in [6.07, 6.45) is -8.82. The predicted octanol–water partition coefficient (Wildman–Crippen LogP) is 7.07. The first-order valence-electron chi connectivity index (χ1n) is 12.4. The van der Waals surface area contributed by atoms with Crippen LogP contribution < -0.4 is 14.6 Å². The highest BCUT2D eigenvalue weighted by Crippen LogP contribution is 2.37. The van der Waals surface area contributed by atoms with Gasteiger partial charge in [0.25, 0.3) is 10.0 Å². The number of fused-ring (bicyclic) bond motifs is 1. The van der Waals surface area contributed by atoms with Crippen LogP contribution in [0.25, 0.3) is 22.3 Å². The van der Waals surface area contributed by atoms with E-state index in [1.54, 1.807) is 12.1 Å². The van der Waals surface area contributed by atoms with Crippen LogP contribution in [0, 0.1) is 0 Å². The van der Waals surface area contributed by atoms with Gasteiger partial charge in [0.05, 0.1) is 16.8 Å². The van der Waals surface area contributed by atoms with Gasteiger partial charge in [-0.2, -0.15) is 26.3 Å². The number of sulfonamides is 2. The molecule has 4 aromatic carbocycles. The van der Waals surface area contributed by atoms with Crippen molar-refractivity contribution in [3.8, 4) is 33.8 Å². The van der Waals surface area contributed by atoms with Crippen molar-refractivity contribution in [1.29, 1.82) is 0 Å². The summed E-state index contributed by atoms with van der Waals surface area (Å²) in [7, 11) is -7.59. The van der Waals surface area contributed by atoms with Gasteiger partial charge in [-0.15, -0.1) is 0 Å². The highest BCUT2D eigenvalue weighted by molar-refractivity contribution is 7.92. The molecular weight excluding hydrogens is 674 g/mol.